The number of hydrogen-bond acceptors (Lipinski definition) is 6. The Balaban J connectivity index is 1.75. The van der Waals surface area contributed by atoms with E-state index in [2.05, 4.69) is 20.9 Å². The summed E-state index contributed by atoms with van der Waals surface area (Å²) in [6.07, 6.45) is 4.05. The molecule has 2 atom stereocenters. The zero-order valence-electron chi connectivity index (χ0n) is 22.5. The van der Waals surface area contributed by atoms with Gasteiger partial charge < -0.3 is 26.4 Å². The second-order valence-corrected chi connectivity index (χ2v) is 9.12. The van der Waals surface area contributed by atoms with Crippen LogP contribution in [0.1, 0.15) is 42.5 Å². The average Bonchev–Trinajstić information content (AvgIpc) is 2.97. The molecule has 1 aromatic heterocycles. The van der Waals surface area contributed by atoms with Crippen molar-refractivity contribution >= 4 is 17.7 Å². The van der Waals surface area contributed by atoms with Gasteiger partial charge in [-0.1, -0.05) is 49.4 Å². The second-order valence-electron chi connectivity index (χ2n) is 9.12. The first kappa shape index (κ1) is 29.3. The summed E-state index contributed by atoms with van der Waals surface area (Å²) in [5.41, 5.74) is 9.23. The lowest BCUT2D eigenvalue weighted by Gasteiger charge is -2.23. The molecule has 0 radical (unpaired) electrons. The largest absolute Gasteiger partial charge is 0.494 e. The molecular weight excluding hydrogens is 494 g/mol. The summed E-state index contributed by atoms with van der Waals surface area (Å²) >= 11 is 0. The highest BCUT2D eigenvalue weighted by atomic mass is 16.5. The number of nitrogens with zero attached hydrogens (tertiary/aromatic N) is 1. The third kappa shape index (κ3) is 9.54. The molecule has 1 heterocycles. The first-order valence-electron chi connectivity index (χ1n) is 13.2. The van der Waals surface area contributed by atoms with E-state index < -0.39 is 18.0 Å². The Morgan fingerprint density at radius 3 is 2.08 bits per heavy atom. The van der Waals surface area contributed by atoms with Crippen LogP contribution in [0.4, 0.5) is 0 Å². The fraction of sp³-hybridized carbons (Fsp3) is 0.333. The minimum absolute atomic E-state index is 0.232. The number of carbonyl (C=O) groups is 3. The predicted molar refractivity (Wildman–Crippen MR) is 150 cm³/mol. The van der Waals surface area contributed by atoms with Crippen molar-refractivity contribution in [1.29, 1.82) is 0 Å². The van der Waals surface area contributed by atoms with Crippen LogP contribution in [-0.2, 0) is 40.3 Å². The van der Waals surface area contributed by atoms with E-state index in [0.717, 1.165) is 28.0 Å². The molecule has 206 valence electrons. The summed E-state index contributed by atoms with van der Waals surface area (Å²) in [6, 6.07) is 16.9. The first-order chi connectivity index (χ1) is 18.9. The van der Waals surface area contributed by atoms with Gasteiger partial charge in [0.2, 0.25) is 17.7 Å². The lowest BCUT2D eigenvalue weighted by molar-refractivity contribution is -0.132. The third-order valence-electron chi connectivity index (χ3n) is 6.17. The Morgan fingerprint density at radius 1 is 0.821 bits per heavy atom. The normalized spacial score (nSPS) is 12.2. The average molecular weight is 532 g/mol. The zero-order valence-corrected chi connectivity index (χ0v) is 22.5. The van der Waals surface area contributed by atoms with Crippen molar-refractivity contribution in [1.82, 2.24) is 20.9 Å². The quantitative estimate of drug-likeness (QED) is 0.252. The second kappa shape index (κ2) is 15.2. The summed E-state index contributed by atoms with van der Waals surface area (Å²) in [5.74, 6) is -0.306. The lowest BCUT2D eigenvalue weighted by atomic mass is 10.0. The number of nitrogens with one attached hydrogen (secondary N) is 3. The molecule has 3 amide bonds. The molecule has 0 bridgehead atoms. The van der Waals surface area contributed by atoms with E-state index in [1.807, 2.05) is 61.5 Å². The zero-order chi connectivity index (χ0) is 28.0. The predicted octanol–water partition coefficient (Wildman–Crippen LogP) is 2.42. The molecule has 0 unspecified atom stereocenters. The van der Waals surface area contributed by atoms with Crippen LogP contribution in [0.15, 0.2) is 73.1 Å². The van der Waals surface area contributed by atoms with E-state index >= 15 is 0 Å². The fourth-order valence-corrected chi connectivity index (χ4v) is 3.97. The molecule has 3 rings (SSSR count). The van der Waals surface area contributed by atoms with Crippen molar-refractivity contribution in [2.75, 3.05) is 6.61 Å². The maximum Gasteiger partial charge on any atom is 0.243 e. The smallest absolute Gasteiger partial charge is 0.243 e. The van der Waals surface area contributed by atoms with Crippen LogP contribution in [0.2, 0.25) is 0 Å². The summed E-state index contributed by atoms with van der Waals surface area (Å²) in [5, 5.41) is 8.58. The van der Waals surface area contributed by atoms with Crippen molar-refractivity contribution in [3.05, 3.63) is 95.3 Å². The van der Waals surface area contributed by atoms with Crippen molar-refractivity contribution in [3.63, 3.8) is 0 Å². The van der Waals surface area contributed by atoms with Crippen molar-refractivity contribution in [2.24, 2.45) is 5.73 Å². The number of ether oxygens (including phenoxy) is 1. The number of rotatable bonds is 14. The number of nitrogens with two attached hydrogens (primary N) is 1. The van der Waals surface area contributed by atoms with Gasteiger partial charge in [0, 0.05) is 44.7 Å². The molecule has 0 aliphatic heterocycles. The maximum absolute atomic E-state index is 13.5. The highest BCUT2D eigenvalue weighted by molar-refractivity contribution is 5.92. The Bertz CT molecular complexity index is 1200. The Labute approximate surface area is 229 Å². The standard InChI is InChI=1S/C30H37N5O4/c1-3-28(36)34-27(16-21-11-13-25(14-12-21)39-4-2)30(38)35-26(17-24-6-5-15-32-19-24)29(37)33-20-23-9-7-22(18-31)8-10-23/h5-15,19,26-27H,3-4,16-18,20,31H2,1-2H3,(H,33,37)(H,34,36)(H,35,38)/t26-,27+/m0/s1. The molecule has 9 nitrogen and oxygen atoms in total. The van der Waals surface area contributed by atoms with E-state index in [4.69, 9.17) is 10.5 Å². The molecule has 3 aromatic rings. The summed E-state index contributed by atoms with van der Waals surface area (Å²) in [4.78, 5) is 43.1. The Morgan fingerprint density at radius 2 is 1.46 bits per heavy atom. The highest BCUT2D eigenvalue weighted by Crippen LogP contribution is 2.14. The molecule has 39 heavy (non-hydrogen) atoms. The summed E-state index contributed by atoms with van der Waals surface area (Å²) in [7, 11) is 0. The molecular formula is C30H37N5O4. The lowest BCUT2D eigenvalue weighted by Crippen LogP contribution is -2.55. The van der Waals surface area contributed by atoms with Gasteiger partial charge in [0.25, 0.3) is 0 Å². The number of hydrogen-bond donors (Lipinski definition) is 4. The first-order valence-corrected chi connectivity index (χ1v) is 13.2. The molecule has 5 N–H and O–H groups in total. The fourth-order valence-electron chi connectivity index (χ4n) is 3.97. The number of carbonyl (C=O) groups excluding carboxylic acids is 3. The summed E-state index contributed by atoms with van der Waals surface area (Å²) < 4.78 is 5.49. The molecule has 0 saturated heterocycles. The van der Waals surface area contributed by atoms with Crippen LogP contribution in [-0.4, -0.2) is 41.4 Å². The molecule has 0 spiro atoms. The van der Waals surface area contributed by atoms with Crippen LogP contribution in [0.3, 0.4) is 0 Å². The number of amides is 3. The van der Waals surface area contributed by atoms with Crippen molar-refractivity contribution < 1.29 is 19.1 Å². The van der Waals surface area contributed by atoms with Crippen LogP contribution in [0.5, 0.6) is 5.75 Å². The monoisotopic (exact) mass is 531 g/mol. The minimum atomic E-state index is -0.869. The topological polar surface area (TPSA) is 135 Å². The van der Waals surface area contributed by atoms with Crippen molar-refractivity contribution in [3.8, 4) is 5.75 Å². The molecule has 2 aromatic carbocycles. The van der Waals surface area contributed by atoms with E-state index in [1.54, 1.807) is 25.4 Å². The van der Waals surface area contributed by atoms with Gasteiger partial charge in [-0.15, -0.1) is 0 Å². The Kier molecular flexibility index (Phi) is 11.5. The van der Waals surface area contributed by atoms with Gasteiger partial charge in [-0.05, 0) is 47.4 Å². The molecule has 9 heteroatoms. The van der Waals surface area contributed by atoms with Crippen molar-refractivity contribution in [2.45, 2.75) is 58.3 Å². The molecule has 0 saturated carbocycles. The number of pyridine rings is 1. The van der Waals surface area contributed by atoms with Gasteiger partial charge in [0.15, 0.2) is 0 Å². The molecule has 0 aliphatic rings. The highest BCUT2D eigenvalue weighted by Gasteiger charge is 2.27. The van der Waals surface area contributed by atoms with Crippen LogP contribution < -0.4 is 26.4 Å². The van der Waals surface area contributed by atoms with Gasteiger partial charge in [-0.25, -0.2) is 0 Å². The third-order valence-corrected chi connectivity index (χ3v) is 6.17. The molecule has 0 fully saturated rings. The van der Waals surface area contributed by atoms with E-state index in [-0.39, 0.29) is 31.1 Å². The van der Waals surface area contributed by atoms with Crippen LogP contribution in [0.25, 0.3) is 0 Å². The van der Waals surface area contributed by atoms with Gasteiger partial charge in [0.1, 0.15) is 17.8 Å². The Hall–Kier alpha value is -4.24. The van der Waals surface area contributed by atoms with Crippen LogP contribution >= 0.6 is 0 Å². The van der Waals surface area contributed by atoms with Gasteiger partial charge in [-0.2, -0.15) is 0 Å². The van der Waals surface area contributed by atoms with Gasteiger partial charge in [0.05, 0.1) is 6.61 Å². The van der Waals surface area contributed by atoms with Gasteiger partial charge in [-0.3, -0.25) is 19.4 Å². The van der Waals surface area contributed by atoms with Gasteiger partial charge >= 0.3 is 0 Å². The number of aromatic nitrogens is 1. The number of benzene rings is 2. The van der Waals surface area contributed by atoms with E-state index in [0.29, 0.717) is 19.7 Å². The maximum atomic E-state index is 13.5. The minimum Gasteiger partial charge on any atom is -0.494 e. The molecule has 0 aliphatic carbocycles. The SMILES string of the molecule is CCOc1ccc(C[C@@H](NC(=O)CC)C(=O)N[C@@H](Cc2cccnc2)C(=O)NCc2ccc(CN)cc2)cc1. The van der Waals surface area contributed by atoms with E-state index in [1.165, 1.54) is 0 Å². The van der Waals surface area contributed by atoms with Crippen LogP contribution in [0, 0.1) is 0 Å². The summed E-state index contributed by atoms with van der Waals surface area (Å²) in [6.45, 7) is 4.92. The van der Waals surface area contributed by atoms with E-state index in [9.17, 15) is 14.4 Å².